The summed E-state index contributed by atoms with van der Waals surface area (Å²) in [4.78, 5) is 17.1. The summed E-state index contributed by atoms with van der Waals surface area (Å²) in [6, 6.07) is 9.65. The van der Waals surface area contributed by atoms with Gasteiger partial charge in [-0.05, 0) is 32.9 Å². The van der Waals surface area contributed by atoms with E-state index in [2.05, 4.69) is 15.4 Å². The van der Waals surface area contributed by atoms with Gasteiger partial charge in [0, 0.05) is 19.4 Å². The minimum Gasteiger partial charge on any atom is -0.351 e. The molecule has 0 saturated carbocycles. The zero-order chi connectivity index (χ0) is 20.1. The number of aromatic nitrogens is 3. The van der Waals surface area contributed by atoms with Crippen molar-refractivity contribution in [2.75, 3.05) is 19.8 Å². The second-order valence-electron chi connectivity index (χ2n) is 6.07. The normalized spacial score (nSPS) is 11.3. The third-order valence-corrected chi connectivity index (χ3v) is 4.58. The Labute approximate surface area is 168 Å². The lowest BCUT2D eigenvalue weighted by Crippen LogP contribution is -2.35. The van der Waals surface area contributed by atoms with E-state index in [1.807, 2.05) is 51.1 Å². The summed E-state index contributed by atoms with van der Waals surface area (Å²) in [5.41, 5.74) is 2.47. The maximum Gasteiger partial charge on any atom is 0.254 e. The standard InChI is InChI=1S/C20H23ClN4O3/c1-4-27-16(28-5-2)12-23-20(26)15-11-22-19-17(18(15)21)13(3)24-25(19)14-9-7-6-8-10-14/h6-11,16H,4-5,12H2,1-3H3,(H,23,26). The molecule has 0 aliphatic heterocycles. The van der Waals surface area contributed by atoms with Crippen molar-refractivity contribution in [3.63, 3.8) is 0 Å². The molecule has 3 aromatic rings. The Morgan fingerprint density at radius 3 is 2.54 bits per heavy atom. The molecule has 0 aliphatic rings. The van der Waals surface area contributed by atoms with Gasteiger partial charge in [0.05, 0.1) is 33.9 Å². The van der Waals surface area contributed by atoms with Crippen LogP contribution in [0.3, 0.4) is 0 Å². The minimum absolute atomic E-state index is 0.219. The van der Waals surface area contributed by atoms with Gasteiger partial charge in [0.25, 0.3) is 5.91 Å². The molecule has 0 aliphatic carbocycles. The zero-order valence-electron chi connectivity index (χ0n) is 16.1. The van der Waals surface area contributed by atoms with Gasteiger partial charge in [-0.3, -0.25) is 4.79 Å². The van der Waals surface area contributed by atoms with E-state index in [0.29, 0.717) is 35.0 Å². The second kappa shape index (κ2) is 9.14. The fraction of sp³-hybridized carbons (Fsp3) is 0.350. The number of benzene rings is 1. The highest BCUT2D eigenvalue weighted by Gasteiger charge is 2.20. The van der Waals surface area contributed by atoms with Crippen molar-refractivity contribution < 1.29 is 14.3 Å². The number of hydrogen-bond acceptors (Lipinski definition) is 5. The molecule has 0 radical (unpaired) electrons. The van der Waals surface area contributed by atoms with Crippen LogP contribution >= 0.6 is 11.6 Å². The topological polar surface area (TPSA) is 78.3 Å². The Bertz CT molecular complexity index is 953. The van der Waals surface area contributed by atoms with Crippen molar-refractivity contribution in [2.24, 2.45) is 0 Å². The molecule has 0 saturated heterocycles. The van der Waals surface area contributed by atoms with Gasteiger partial charge >= 0.3 is 0 Å². The molecule has 148 valence electrons. The number of aryl methyl sites for hydroxylation is 1. The molecule has 0 bridgehead atoms. The number of hydrogen-bond donors (Lipinski definition) is 1. The van der Waals surface area contributed by atoms with E-state index in [1.54, 1.807) is 4.68 Å². The van der Waals surface area contributed by atoms with Crippen LogP contribution in [0.1, 0.15) is 29.9 Å². The number of fused-ring (bicyclic) bond motifs is 1. The first-order chi connectivity index (χ1) is 13.6. The zero-order valence-corrected chi connectivity index (χ0v) is 16.9. The van der Waals surface area contributed by atoms with Crippen molar-refractivity contribution in [3.05, 3.63) is 52.8 Å². The summed E-state index contributed by atoms with van der Waals surface area (Å²) in [6.07, 6.45) is 0.966. The van der Waals surface area contributed by atoms with Crippen LogP contribution in [-0.2, 0) is 9.47 Å². The third-order valence-electron chi connectivity index (χ3n) is 4.19. The number of para-hydroxylation sites is 1. The maximum atomic E-state index is 12.6. The number of rotatable bonds is 8. The van der Waals surface area contributed by atoms with E-state index < -0.39 is 6.29 Å². The van der Waals surface area contributed by atoms with Crippen LogP contribution < -0.4 is 5.32 Å². The largest absolute Gasteiger partial charge is 0.351 e. The monoisotopic (exact) mass is 402 g/mol. The number of carbonyl (C=O) groups is 1. The Hall–Kier alpha value is -2.48. The van der Waals surface area contributed by atoms with Gasteiger partial charge in [-0.1, -0.05) is 29.8 Å². The molecule has 28 heavy (non-hydrogen) atoms. The van der Waals surface area contributed by atoms with Gasteiger partial charge in [0.15, 0.2) is 11.9 Å². The van der Waals surface area contributed by atoms with Crippen molar-refractivity contribution >= 4 is 28.5 Å². The molecule has 1 N–H and O–H groups in total. The molecule has 7 nitrogen and oxygen atoms in total. The molecule has 1 amide bonds. The maximum absolute atomic E-state index is 12.6. The highest BCUT2D eigenvalue weighted by Crippen LogP contribution is 2.29. The number of amides is 1. The van der Waals surface area contributed by atoms with Crippen LogP contribution in [0.4, 0.5) is 0 Å². The molecule has 1 aromatic carbocycles. The second-order valence-corrected chi connectivity index (χ2v) is 6.45. The van der Waals surface area contributed by atoms with E-state index >= 15 is 0 Å². The molecule has 2 heterocycles. The Balaban J connectivity index is 1.88. The minimum atomic E-state index is -0.503. The van der Waals surface area contributed by atoms with Gasteiger partial charge < -0.3 is 14.8 Å². The summed E-state index contributed by atoms with van der Waals surface area (Å²) in [5.74, 6) is -0.337. The van der Waals surface area contributed by atoms with E-state index in [9.17, 15) is 4.79 Å². The lowest BCUT2D eigenvalue weighted by atomic mass is 10.2. The average molecular weight is 403 g/mol. The number of halogens is 1. The predicted molar refractivity (Wildman–Crippen MR) is 108 cm³/mol. The van der Waals surface area contributed by atoms with Crippen LogP contribution in [0.15, 0.2) is 36.5 Å². The van der Waals surface area contributed by atoms with Crippen LogP contribution in [0.2, 0.25) is 5.02 Å². The Morgan fingerprint density at radius 1 is 1.21 bits per heavy atom. The highest BCUT2D eigenvalue weighted by atomic mass is 35.5. The van der Waals surface area contributed by atoms with E-state index in [-0.39, 0.29) is 18.0 Å². The molecule has 8 heteroatoms. The Kier molecular flexibility index (Phi) is 6.61. The van der Waals surface area contributed by atoms with Crippen LogP contribution in [-0.4, -0.2) is 46.7 Å². The van der Waals surface area contributed by atoms with Gasteiger partial charge in [0.1, 0.15) is 0 Å². The smallest absolute Gasteiger partial charge is 0.254 e. The lowest BCUT2D eigenvalue weighted by molar-refractivity contribution is -0.131. The van der Waals surface area contributed by atoms with Crippen molar-refractivity contribution in [1.82, 2.24) is 20.1 Å². The average Bonchev–Trinajstić information content (AvgIpc) is 3.04. The number of carbonyl (C=O) groups excluding carboxylic acids is 1. The van der Waals surface area contributed by atoms with E-state index in [1.165, 1.54) is 6.20 Å². The summed E-state index contributed by atoms with van der Waals surface area (Å²) < 4.78 is 12.6. The first-order valence-corrected chi connectivity index (χ1v) is 9.55. The number of nitrogens with one attached hydrogen (secondary N) is 1. The third kappa shape index (κ3) is 4.16. The quantitative estimate of drug-likeness (QED) is 0.583. The van der Waals surface area contributed by atoms with Crippen LogP contribution in [0.25, 0.3) is 16.7 Å². The van der Waals surface area contributed by atoms with Crippen molar-refractivity contribution in [2.45, 2.75) is 27.1 Å². The SMILES string of the molecule is CCOC(CNC(=O)c1cnc2c(c(C)nn2-c2ccccc2)c1Cl)OCC. The van der Waals surface area contributed by atoms with Gasteiger partial charge in [-0.2, -0.15) is 5.10 Å². The molecular weight excluding hydrogens is 380 g/mol. The van der Waals surface area contributed by atoms with E-state index in [0.717, 1.165) is 5.69 Å². The fourth-order valence-corrected chi connectivity index (χ4v) is 3.28. The molecule has 0 unspecified atom stereocenters. The number of nitrogens with zero attached hydrogens (tertiary/aromatic N) is 3. The van der Waals surface area contributed by atoms with Crippen LogP contribution in [0, 0.1) is 6.92 Å². The van der Waals surface area contributed by atoms with Gasteiger partial charge in [0.2, 0.25) is 0 Å². The van der Waals surface area contributed by atoms with Crippen molar-refractivity contribution in [3.8, 4) is 5.69 Å². The first kappa shape index (κ1) is 20.3. The summed E-state index contributed by atoms with van der Waals surface area (Å²) >= 11 is 6.56. The summed E-state index contributed by atoms with van der Waals surface area (Å²) in [7, 11) is 0. The molecule has 3 rings (SSSR count). The lowest BCUT2D eigenvalue weighted by Gasteiger charge is -2.17. The molecule has 0 spiro atoms. The summed E-state index contributed by atoms with van der Waals surface area (Å²) in [5, 5.41) is 8.32. The number of pyridine rings is 1. The number of ether oxygens (including phenoxy) is 2. The van der Waals surface area contributed by atoms with E-state index in [4.69, 9.17) is 21.1 Å². The summed E-state index contributed by atoms with van der Waals surface area (Å²) in [6.45, 7) is 6.79. The fourth-order valence-electron chi connectivity index (χ4n) is 2.92. The first-order valence-electron chi connectivity index (χ1n) is 9.17. The highest BCUT2D eigenvalue weighted by molar-refractivity contribution is 6.38. The molecule has 2 aromatic heterocycles. The molecule has 0 atom stereocenters. The van der Waals surface area contributed by atoms with Crippen molar-refractivity contribution in [1.29, 1.82) is 0 Å². The predicted octanol–water partition coefficient (Wildman–Crippen LogP) is 3.51. The Morgan fingerprint density at radius 2 is 1.89 bits per heavy atom. The van der Waals surface area contributed by atoms with Gasteiger partial charge in [-0.15, -0.1) is 0 Å². The molecule has 0 fully saturated rings. The van der Waals surface area contributed by atoms with Gasteiger partial charge in [-0.25, -0.2) is 9.67 Å². The van der Waals surface area contributed by atoms with Crippen LogP contribution in [0.5, 0.6) is 0 Å². The molecular formula is C20H23ClN4O3.